The average Bonchev–Trinajstić information content (AvgIpc) is 3.22. The predicted octanol–water partition coefficient (Wildman–Crippen LogP) is 6.33. The number of benzene rings is 3. The van der Waals surface area contributed by atoms with E-state index in [2.05, 4.69) is 36.3 Å². The number of carbonyl (C=O) groups excluding carboxylic acids is 1. The second-order valence-corrected chi connectivity index (χ2v) is 7.79. The Kier molecular flexibility index (Phi) is 6.03. The predicted molar refractivity (Wildman–Crippen MR) is 123 cm³/mol. The fraction of sp³-hybridized carbons (Fsp3) is 0.231. The van der Waals surface area contributed by atoms with Crippen molar-refractivity contribution in [2.24, 2.45) is 0 Å². The van der Waals surface area contributed by atoms with Crippen molar-refractivity contribution < 1.29 is 13.9 Å². The molecule has 4 aromatic rings. The molecule has 0 spiro atoms. The molecular weight excluding hydrogens is 388 g/mol. The van der Waals surface area contributed by atoms with Crippen LogP contribution in [0.25, 0.3) is 22.6 Å². The van der Waals surface area contributed by atoms with Crippen LogP contribution in [0.4, 0.5) is 5.69 Å². The fourth-order valence-electron chi connectivity index (χ4n) is 3.32. The normalized spacial score (nSPS) is 12.0. The Bertz CT molecular complexity index is 1190. The van der Waals surface area contributed by atoms with Gasteiger partial charge in [-0.3, -0.25) is 4.79 Å². The second kappa shape index (κ2) is 9.04. The minimum absolute atomic E-state index is 0.0609. The first-order valence-corrected chi connectivity index (χ1v) is 10.5. The van der Waals surface area contributed by atoms with Crippen molar-refractivity contribution in [3.8, 4) is 17.2 Å². The van der Waals surface area contributed by atoms with Crippen molar-refractivity contribution in [1.29, 1.82) is 0 Å². The number of nitrogens with one attached hydrogen (secondary N) is 1. The number of carbonyl (C=O) groups is 1. The molecule has 31 heavy (non-hydrogen) atoms. The van der Waals surface area contributed by atoms with E-state index in [1.807, 2.05) is 61.5 Å². The highest BCUT2D eigenvalue weighted by molar-refractivity contribution is 5.92. The lowest BCUT2D eigenvalue weighted by Gasteiger charge is -2.08. The quantitative estimate of drug-likeness (QED) is 0.383. The molecule has 5 nitrogen and oxygen atoms in total. The van der Waals surface area contributed by atoms with Gasteiger partial charge >= 0.3 is 0 Å². The van der Waals surface area contributed by atoms with E-state index in [1.54, 1.807) is 0 Å². The van der Waals surface area contributed by atoms with Crippen LogP contribution in [-0.4, -0.2) is 17.5 Å². The van der Waals surface area contributed by atoms with E-state index in [1.165, 1.54) is 5.56 Å². The summed E-state index contributed by atoms with van der Waals surface area (Å²) in [5.41, 5.74) is 5.46. The van der Waals surface area contributed by atoms with Crippen LogP contribution in [0, 0.1) is 6.92 Å². The Morgan fingerprint density at radius 3 is 2.68 bits per heavy atom. The first-order valence-electron chi connectivity index (χ1n) is 10.5. The maximum Gasteiger partial charge on any atom is 0.262 e. The highest BCUT2D eigenvalue weighted by Crippen LogP contribution is 2.29. The third-order valence-electron chi connectivity index (χ3n) is 5.38. The number of fused-ring (bicyclic) bond motifs is 1. The summed E-state index contributed by atoms with van der Waals surface area (Å²) in [6.45, 7) is 6.32. The van der Waals surface area contributed by atoms with Gasteiger partial charge in [-0.05, 0) is 67.3 Å². The van der Waals surface area contributed by atoms with E-state index in [4.69, 9.17) is 9.15 Å². The summed E-state index contributed by atoms with van der Waals surface area (Å²) in [6.07, 6.45) is 1.07. The van der Waals surface area contributed by atoms with Gasteiger partial charge in [0.15, 0.2) is 12.2 Å². The molecule has 0 unspecified atom stereocenters. The number of amides is 1. The molecule has 0 radical (unpaired) electrons. The van der Waals surface area contributed by atoms with Crippen LogP contribution >= 0.6 is 0 Å². The van der Waals surface area contributed by atoms with Gasteiger partial charge in [0.2, 0.25) is 5.89 Å². The van der Waals surface area contributed by atoms with Crippen LogP contribution in [0.15, 0.2) is 71.1 Å². The molecule has 0 aliphatic rings. The number of ether oxygens (including phenoxy) is 1. The Morgan fingerprint density at radius 2 is 1.90 bits per heavy atom. The van der Waals surface area contributed by atoms with Crippen LogP contribution in [-0.2, 0) is 4.79 Å². The number of aromatic nitrogens is 1. The summed E-state index contributed by atoms with van der Waals surface area (Å²) < 4.78 is 11.5. The van der Waals surface area contributed by atoms with Gasteiger partial charge in [0.25, 0.3) is 5.91 Å². The number of anilines is 1. The average molecular weight is 415 g/mol. The SMILES string of the molecule is CC[C@@H](C)c1ccc2oc(-c3cccc(NC(=O)COc4ccc(C)cc4)c3)nc2c1. The van der Waals surface area contributed by atoms with Crippen molar-refractivity contribution in [1.82, 2.24) is 4.98 Å². The molecule has 4 rings (SSSR count). The number of oxazole rings is 1. The van der Waals surface area contributed by atoms with Crippen molar-refractivity contribution in [3.63, 3.8) is 0 Å². The van der Waals surface area contributed by atoms with Crippen molar-refractivity contribution in [3.05, 3.63) is 77.9 Å². The van der Waals surface area contributed by atoms with Crippen molar-refractivity contribution >= 4 is 22.7 Å². The first kappa shape index (κ1) is 20.7. The minimum atomic E-state index is -0.228. The number of hydrogen-bond acceptors (Lipinski definition) is 4. The summed E-state index contributed by atoms with van der Waals surface area (Å²) in [5.74, 6) is 1.44. The third kappa shape index (κ3) is 4.94. The lowest BCUT2D eigenvalue weighted by molar-refractivity contribution is -0.118. The molecule has 1 aromatic heterocycles. The molecule has 1 N–H and O–H groups in total. The maximum atomic E-state index is 12.3. The number of hydrogen-bond donors (Lipinski definition) is 1. The molecule has 1 heterocycles. The largest absolute Gasteiger partial charge is 0.484 e. The Balaban J connectivity index is 1.46. The molecule has 5 heteroatoms. The number of nitrogens with zero attached hydrogens (tertiary/aromatic N) is 1. The van der Waals surface area contributed by atoms with Gasteiger partial charge in [-0.15, -0.1) is 0 Å². The molecule has 1 atom stereocenters. The van der Waals surface area contributed by atoms with E-state index in [0.29, 0.717) is 23.2 Å². The van der Waals surface area contributed by atoms with Gasteiger partial charge in [-0.25, -0.2) is 4.98 Å². The van der Waals surface area contributed by atoms with Gasteiger partial charge in [-0.2, -0.15) is 0 Å². The van der Waals surface area contributed by atoms with Gasteiger partial charge < -0.3 is 14.5 Å². The molecule has 0 aliphatic carbocycles. The Labute approximate surface area is 182 Å². The topological polar surface area (TPSA) is 64.4 Å². The van der Waals surface area contributed by atoms with E-state index in [0.717, 1.165) is 28.6 Å². The molecule has 0 saturated heterocycles. The number of rotatable bonds is 7. The maximum absolute atomic E-state index is 12.3. The highest BCUT2D eigenvalue weighted by Gasteiger charge is 2.12. The summed E-state index contributed by atoms with van der Waals surface area (Å²) in [5, 5.41) is 2.87. The molecule has 0 saturated carbocycles. The molecule has 1 amide bonds. The van der Waals surface area contributed by atoms with E-state index < -0.39 is 0 Å². The van der Waals surface area contributed by atoms with Gasteiger partial charge in [0.1, 0.15) is 11.3 Å². The summed E-state index contributed by atoms with van der Waals surface area (Å²) in [7, 11) is 0. The second-order valence-electron chi connectivity index (χ2n) is 7.79. The molecular formula is C26H26N2O3. The molecule has 0 bridgehead atoms. The van der Waals surface area contributed by atoms with Crippen LogP contribution < -0.4 is 10.1 Å². The zero-order chi connectivity index (χ0) is 21.8. The smallest absolute Gasteiger partial charge is 0.262 e. The monoisotopic (exact) mass is 414 g/mol. The van der Waals surface area contributed by atoms with Crippen molar-refractivity contribution in [2.75, 3.05) is 11.9 Å². The van der Waals surface area contributed by atoms with Gasteiger partial charge in [0, 0.05) is 11.3 Å². The number of aryl methyl sites for hydroxylation is 1. The lowest BCUT2D eigenvalue weighted by atomic mass is 9.98. The molecule has 0 fully saturated rings. The van der Waals surface area contributed by atoms with Gasteiger partial charge in [0.05, 0.1) is 0 Å². The summed E-state index contributed by atoms with van der Waals surface area (Å²) in [6, 6.07) is 21.2. The van der Waals surface area contributed by atoms with Gasteiger partial charge in [-0.1, -0.05) is 43.7 Å². The van der Waals surface area contributed by atoms with Crippen LogP contribution in [0.3, 0.4) is 0 Å². The first-order chi connectivity index (χ1) is 15.0. The fourth-order valence-corrected chi connectivity index (χ4v) is 3.32. The Morgan fingerprint density at radius 1 is 1.10 bits per heavy atom. The minimum Gasteiger partial charge on any atom is -0.484 e. The highest BCUT2D eigenvalue weighted by atomic mass is 16.5. The molecule has 0 aliphatic heterocycles. The third-order valence-corrected chi connectivity index (χ3v) is 5.38. The van der Waals surface area contributed by atoms with Crippen LogP contribution in [0.1, 0.15) is 37.3 Å². The van der Waals surface area contributed by atoms with E-state index in [-0.39, 0.29) is 12.5 Å². The van der Waals surface area contributed by atoms with Crippen molar-refractivity contribution in [2.45, 2.75) is 33.1 Å². The molecule has 158 valence electrons. The standard InChI is InChI=1S/C26H26N2O3/c1-4-18(3)19-10-13-24-23(15-19)28-26(31-24)20-6-5-7-21(14-20)27-25(29)16-30-22-11-8-17(2)9-12-22/h5-15,18H,4,16H2,1-3H3,(H,27,29)/t18-/m1/s1. The zero-order valence-corrected chi connectivity index (χ0v) is 18.0. The molecule has 3 aromatic carbocycles. The Hall–Kier alpha value is -3.60. The summed E-state index contributed by atoms with van der Waals surface area (Å²) >= 11 is 0. The summed E-state index contributed by atoms with van der Waals surface area (Å²) in [4.78, 5) is 17.0. The van der Waals surface area contributed by atoms with Crippen LogP contribution in [0.2, 0.25) is 0 Å². The van der Waals surface area contributed by atoms with Crippen LogP contribution in [0.5, 0.6) is 5.75 Å². The van der Waals surface area contributed by atoms with E-state index >= 15 is 0 Å². The van der Waals surface area contributed by atoms with E-state index in [9.17, 15) is 4.79 Å². The lowest BCUT2D eigenvalue weighted by Crippen LogP contribution is -2.20. The zero-order valence-electron chi connectivity index (χ0n) is 18.0.